The zero-order valence-corrected chi connectivity index (χ0v) is 8.32. The van der Waals surface area contributed by atoms with Crippen LogP contribution in [0.15, 0.2) is 24.5 Å². The predicted molar refractivity (Wildman–Crippen MR) is 55.7 cm³/mol. The molecule has 1 N–H and O–H groups in total. The van der Waals surface area contributed by atoms with Gasteiger partial charge in [-0.2, -0.15) is 0 Å². The lowest BCUT2D eigenvalue weighted by Crippen LogP contribution is -2.28. The van der Waals surface area contributed by atoms with E-state index in [0.717, 1.165) is 24.4 Å². The second-order valence-electron chi connectivity index (χ2n) is 4.59. The highest BCUT2D eigenvalue weighted by atomic mass is 14.9. The number of fused-ring (bicyclic) bond motifs is 1. The number of nitrogens with one attached hydrogen (secondary N) is 1. The molecule has 3 rings (SSSR count). The molecule has 2 heteroatoms. The number of pyridine rings is 1. The van der Waals surface area contributed by atoms with Gasteiger partial charge in [0, 0.05) is 25.0 Å². The Kier molecular flexibility index (Phi) is 2.02. The summed E-state index contributed by atoms with van der Waals surface area (Å²) in [6.45, 7) is 0.988. The summed E-state index contributed by atoms with van der Waals surface area (Å²) < 4.78 is 0. The first-order chi connectivity index (χ1) is 6.93. The third-order valence-electron chi connectivity index (χ3n) is 3.63. The minimum absolute atomic E-state index is 0.792. The highest BCUT2D eigenvalue weighted by molar-refractivity contribution is 5.09. The number of hydrogen-bond donors (Lipinski definition) is 1. The molecular weight excluding hydrogens is 172 g/mol. The van der Waals surface area contributed by atoms with Gasteiger partial charge in [-0.15, -0.1) is 0 Å². The van der Waals surface area contributed by atoms with Crippen molar-refractivity contribution in [1.82, 2.24) is 10.3 Å². The van der Waals surface area contributed by atoms with E-state index in [-0.39, 0.29) is 0 Å². The number of nitrogens with zero attached hydrogens (tertiary/aromatic N) is 1. The molecule has 1 aromatic rings. The van der Waals surface area contributed by atoms with Crippen LogP contribution in [0, 0.1) is 11.8 Å². The number of aromatic nitrogens is 1. The second kappa shape index (κ2) is 3.35. The van der Waals surface area contributed by atoms with Crippen LogP contribution in [0.25, 0.3) is 0 Å². The lowest BCUT2D eigenvalue weighted by atomic mass is 10.1. The average molecular weight is 188 g/mol. The maximum Gasteiger partial charge on any atom is 0.0312 e. The van der Waals surface area contributed by atoms with Gasteiger partial charge >= 0.3 is 0 Å². The maximum absolute atomic E-state index is 4.12. The van der Waals surface area contributed by atoms with Gasteiger partial charge in [-0.05, 0) is 42.7 Å². The minimum Gasteiger partial charge on any atom is -0.310 e. The zero-order chi connectivity index (χ0) is 9.38. The molecule has 2 aliphatic carbocycles. The Balaban J connectivity index is 1.54. The Bertz CT molecular complexity index is 309. The average Bonchev–Trinajstić information content (AvgIpc) is 2.92. The molecule has 1 aromatic heterocycles. The maximum atomic E-state index is 4.12. The van der Waals surface area contributed by atoms with E-state index in [4.69, 9.17) is 0 Å². The van der Waals surface area contributed by atoms with Crippen LogP contribution in [0.1, 0.15) is 24.8 Å². The molecule has 0 bridgehead atoms. The topological polar surface area (TPSA) is 24.9 Å². The molecule has 2 aliphatic rings. The summed E-state index contributed by atoms with van der Waals surface area (Å²) in [6, 6.07) is 4.94. The van der Waals surface area contributed by atoms with Gasteiger partial charge in [0.2, 0.25) is 0 Å². The lowest BCUT2D eigenvalue weighted by molar-refractivity contribution is 0.474. The van der Waals surface area contributed by atoms with Crippen molar-refractivity contribution in [2.75, 3.05) is 0 Å². The first-order valence-electron chi connectivity index (χ1n) is 5.56. The van der Waals surface area contributed by atoms with Crippen LogP contribution in [0.3, 0.4) is 0 Å². The normalized spacial score (nSPS) is 34.1. The van der Waals surface area contributed by atoms with Gasteiger partial charge in [-0.3, -0.25) is 4.98 Å². The summed E-state index contributed by atoms with van der Waals surface area (Å²) in [4.78, 5) is 4.12. The molecule has 74 valence electrons. The van der Waals surface area contributed by atoms with Gasteiger partial charge in [0.25, 0.3) is 0 Å². The van der Waals surface area contributed by atoms with E-state index in [1.54, 1.807) is 0 Å². The van der Waals surface area contributed by atoms with Crippen molar-refractivity contribution in [3.63, 3.8) is 0 Å². The van der Waals surface area contributed by atoms with Crippen LogP contribution in [0.4, 0.5) is 0 Å². The second-order valence-corrected chi connectivity index (χ2v) is 4.59. The van der Waals surface area contributed by atoms with Crippen LogP contribution in [0.2, 0.25) is 0 Å². The van der Waals surface area contributed by atoms with Crippen molar-refractivity contribution in [2.24, 2.45) is 11.8 Å². The molecule has 2 fully saturated rings. The molecule has 3 unspecified atom stereocenters. The fourth-order valence-corrected chi connectivity index (χ4v) is 2.71. The van der Waals surface area contributed by atoms with Crippen LogP contribution < -0.4 is 5.32 Å². The quantitative estimate of drug-likeness (QED) is 0.784. The highest BCUT2D eigenvalue weighted by Crippen LogP contribution is 2.51. The molecule has 0 radical (unpaired) electrons. The van der Waals surface area contributed by atoms with E-state index >= 15 is 0 Å². The van der Waals surface area contributed by atoms with E-state index in [2.05, 4.69) is 16.4 Å². The molecular formula is C12H16N2. The molecule has 0 aliphatic heterocycles. The Morgan fingerprint density at radius 2 is 2.43 bits per heavy atom. The monoisotopic (exact) mass is 188 g/mol. The SMILES string of the molecule is c1cncc(CNC2CCC3CC32)c1. The minimum atomic E-state index is 0.792. The summed E-state index contributed by atoms with van der Waals surface area (Å²) >= 11 is 0. The van der Waals surface area contributed by atoms with Gasteiger partial charge in [0.1, 0.15) is 0 Å². The fraction of sp³-hybridized carbons (Fsp3) is 0.583. The standard InChI is InChI=1S/C12H16N2/c1-2-9(7-13-5-1)8-14-12-4-3-10-6-11(10)12/h1-2,5,7,10-12,14H,3-4,6,8H2. The number of rotatable bonds is 3. The van der Waals surface area contributed by atoms with E-state index in [1.165, 1.54) is 24.8 Å². The Morgan fingerprint density at radius 3 is 3.07 bits per heavy atom. The van der Waals surface area contributed by atoms with E-state index in [9.17, 15) is 0 Å². The Labute approximate surface area is 84.7 Å². The molecule has 0 spiro atoms. The summed E-state index contributed by atoms with van der Waals surface area (Å²) in [5.41, 5.74) is 1.30. The summed E-state index contributed by atoms with van der Waals surface area (Å²) in [5.74, 6) is 2.08. The molecule has 0 aromatic carbocycles. The highest BCUT2D eigenvalue weighted by Gasteiger charge is 2.47. The van der Waals surface area contributed by atoms with Crippen LogP contribution in [0.5, 0.6) is 0 Å². The van der Waals surface area contributed by atoms with E-state index in [1.807, 2.05) is 18.5 Å². The van der Waals surface area contributed by atoms with Crippen molar-refractivity contribution in [3.8, 4) is 0 Å². The van der Waals surface area contributed by atoms with Crippen LogP contribution in [-0.2, 0) is 6.54 Å². The summed E-state index contributed by atoms with van der Waals surface area (Å²) in [5, 5.41) is 3.65. The summed E-state index contributed by atoms with van der Waals surface area (Å²) in [7, 11) is 0. The Hall–Kier alpha value is -0.890. The smallest absolute Gasteiger partial charge is 0.0312 e. The molecule has 0 amide bonds. The first kappa shape index (κ1) is 8.42. The van der Waals surface area contributed by atoms with Gasteiger partial charge < -0.3 is 5.32 Å². The summed E-state index contributed by atoms with van der Waals surface area (Å²) in [6.07, 6.45) is 8.10. The van der Waals surface area contributed by atoms with Gasteiger partial charge in [-0.25, -0.2) is 0 Å². The van der Waals surface area contributed by atoms with Crippen molar-refractivity contribution < 1.29 is 0 Å². The zero-order valence-electron chi connectivity index (χ0n) is 8.32. The van der Waals surface area contributed by atoms with Crippen molar-refractivity contribution in [1.29, 1.82) is 0 Å². The van der Waals surface area contributed by atoms with E-state index in [0.29, 0.717) is 0 Å². The Morgan fingerprint density at radius 1 is 1.43 bits per heavy atom. The molecule has 14 heavy (non-hydrogen) atoms. The first-order valence-corrected chi connectivity index (χ1v) is 5.56. The molecule has 3 atom stereocenters. The van der Waals surface area contributed by atoms with Gasteiger partial charge in [-0.1, -0.05) is 6.07 Å². The van der Waals surface area contributed by atoms with Crippen molar-refractivity contribution >= 4 is 0 Å². The molecule has 2 nitrogen and oxygen atoms in total. The molecule has 0 saturated heterocycles. The fourth-order valence-electron chi connectivity index (χ4n) is 2.71. The van der Waals surface area contributed by atoms with Gasteiger partial charge in [0.15, 0.2) is 0 Å². The van der Waals surface area contributed by atoms with Crippen molar-refractivity contribution in [2.45, 2.75) is 31.8 Å². The lowest BCUT2D eigenvalue weighted by Gasteiger charge is -2.13. The van der Waals surface area contributed by atoms with Gasteiger partial charge in [0.05, 0.1) is 0 Å². The molecule has 2 saturated carbocycles. The number of hydrogen-bond acceptors (Lipinski definition) is 2. The van der Waals surface area contributed by atoms with Crippen LogP contribution in [-0.4, -0.2) is 11.0 Å². The largest absolute Gasteiger partial charge is 0.310 e. The van der Waals surface area contributed by atoms with E-state index < -0.39 is 0 Å². The molecule has 1 heterocycles. The third-order valence-corrected chi connectivity index (χ3v) is 3.63. The van der Waals surface area contributed by atoms with Crippen molar-refractivity contribution in [3.05, 3.63) is 30.1 Å². The predicted octanol–water partition coefficient (Wildman–Crippen LogP) is 1.97. The van der Waals surface area contributed by atoms with Crippen LogP contribution >= 0.6 is 0 Å². The third kappa shape index (κ3) is 1.55.